The first-order valence-electron chi connectivity index (χ1n) is 17.3. The van der Waals surface area contributed by atoms with Crippen LogP contribution in [0.4, 0.5) is 14.5 Å². The fourth-order valence-electron chi connectivity index (χ4n) is 5.79. The molecule has 1 N–H and O–H groups in total. The number of nitrogens with one attached hydrogen (secondary N) is 1. The Morgan fingerprint density at radius 3 is 2.21 bits per heavy atom. The average Bonchev–Trinajstić information content (AvgIpc) is 4.04. The van der Waals surface area contributed by atoms with Crippen LogP contribution in [-0.4, -0.2) is 84.8 Å². The lowest BCUT2D eigenvalue weighted by Crippen LogP contribution is -2.43. The van der Waals surface area contributed by atoms with Gasteiger partial charge in [0.2, 0.25) is 10.0 Å². The minimum Gasteiger partial charge on any atom is -0.492 e. The van der Waals surface area contributed by atoms with Crippen molar-refractivity contribution in [3.05, 3.63) is 75.5 Å². The number of benzene rings is 2. The van der Waals surface area contributed by atoms with Crippen LogP contribution in [0, 0.1) is 11.8 Å². The van der Waals surface area contributed by atoms with E-state index in [1.807, 2.05) is 0 Å². The van der Waals surface area contributed by atoms with Crippen molar-refractivity contribution >= 4 is 44.9 Å². The summed E-state index contributed by atoms with van der Waals surface area (Å²) in [7, 11) is -3.76. The van der Waals surface area contributed by atoms with E-state index in [1.54, 1.807) is 12.1 Å². The summed E-state index contributed by atoms with van der Waals surface area (Å²) in [5, 5.41) is 0.576. The van der Waals surface area contributed by atoms with Gasteiger partial charge in [0.1, 0.15) is 27.5 Å². The summed E-state index contributed by atoms with van der Waals surface area (Å²) in [5.41, 5.74) is 1.16. The Labute approximate surface area is 312 Å². The molecule has 6 rings (SSSR count). The van der Waals surface area contributed by atoms with Crippen molar-refractivity contribution in [2.24, 2.45) is 11.8 Å². The quantitative estimate of drug-likeness (QED) is 0.139. The standard InChI is InChI=1S/C36H41Cl2F2N3O8S/c1-52(45,46)43(11-10-42-12-14-47-15-13-42)26-7-9-31(48-21-23-2-3-23)28(17-26)35(44)50-33(18-27-29(37)19-41-20-30(27)38)25-6-8-32(51-36(39)40)34(16-25)49-22-24-4-5-24/h6-9,16-17,19-20,23-24,33,36H,2-5,10-15,18,21-22H2,1H3/p+1/t33-/m0/s1. The molecule has 2 saturated carbocycles. The van der Waals surface area contributed by atoms with Crippen molar-refractivity contribution in [2.45, 2.75) is 44.8 Å². The van der Waals surface area contributed by atoms with E-state index in [1.165, 1.54) is 41.0 Å². The van der Waals surface area contributed by atoms with Gasteiger partial charge in [-0.15, -0.1) is 0 Å². The topological polar surface area (TPSA) is 118 Å². The minimum absolute atomic E-state index is 0.00215. The lowest BCUT2D eigenvalue weighted by molar-refractivity contribution is -0.377. The van der Waals surface area contributed by atoms with Crippen LogP contribution >= 0.6 is 23.2 Å². The number of nitrogens with zero attached hydrogens (tertiary/aromatic N) is 2. The normalized spacial score (nSPS) is 17.1. The van der Waals surface area contributed by atoms with Crippen LogP contribution in [0.3, 0.4) is 0 Å². The highest BCUT2D eigenvalue weighted by molar-refractivity contribution is 7.92. The van der Waals surface area contributed by atoms with Crippen LogP contribution in [-0.2, 0) is 25.9 Å². The second-order valence-corrected chi connectivity index (χ2v) is 16.0. The Balaban J connectivity index is 1.34. The number of rotatable bonds is 18. The Morgan fingerprint density at radius 2 is 1.60 bits per heavy atom. The molecule has 2 heterocycles. The number of aromatic amines is 1. The van der Waals surface area contributed by atoms with Gasteiger partial charge >= 0.3 is 12.6 Å². The molecule has 0 spiro atoms. The number of ether oxygens (including phenoxy) is 5. The maximum Gasteiger partial charge on any atom is 0.387 e. The minimum atomic E-state index is -3.76. The van der Waals surface area contributed by atoms with Crippen molar-refractivity contribution in [3.63, 3.8) is 0 Å². The molecular formula is C36H42Cl2F2N3O8S+. The van der Waals surface area contributed by atoms with Gasteiger partial charge in [-0.2, -0.15) is 8.78 Å². The maximum atomic E-state index is 14.3. The zero-order chi connectivity index (χ0) is 36.8. The van der Waals surface area contributed by atoms with E-state index in [0.717, 1.165) is 31.9 Å². The molecule has 2 aliphatic carbocycles. The Kier molecular flexibility index (Phi) is 12.6. The lowest BCUT2D eigenvalue weighted by atomic mass is 10.0. The zero-order valence-corrected chi connectivity index (χ0v) is 31.0. The lowest BCUT2D eigenvalue weighted by Gasteiger charge is -2.30. The summed E-state index contributed by atoms with van der Waals surface area (Å²) in [5.74, 6) is 0.0270. The zero-order valence-electron chi connectivity index (χ0n) is 28.7. The van der Waals surface area contributed by atoms with Gasteiger partial charge < -0.3 is 23.7 Å². The third-order valence-electron chi connectivity index (χ3n) is 9.13. The number of carbonyl (C=O) groups is 1. The second-order valence-electron chi connectivity index (χ2n) is 13.3. The van der Waals surface area contributed by atoms with E-state index in [-0.39, 0.29) is 51.5 Å². The number of carbonyl (C=O) groups excluding carboxylic acids is 1. The van der Waals surface area contributed by atoms with E-state index >= 15 is 0 Å². The van der Waals surface area contributed by atoms with E-state index in [0.29, 0.717) is 69.0 Å². The van der Waals surface area contributed by atoms with Crippen molar-refractivity contribution in [1.29, 1.82) is 0 Å². The van der Waals surface area contributed by atoms with Crippen LogP contribution in [0.1, 0.15) is 53.3 Å². The van der Waals surface area contributed by atoms with Crippen LogP contribution in [0.15, 0.2) is 48.8 Å². The van der Waals surface area contributed by atoms with Crippen LogP contribution in [0.5, 0.6) is 17.2 Å². The van der Waals surface area contributed by atoms with Crippen molar-refractivity contribution < 1.29 is 50.7 Å². The molecule has 282 valence electrons. The predicted molar refractivity (Wildman–Crippen MR) is 190 cm³/mol. The molecule has 0 radical (unpaired) electrons. The van der Waals surface area contributed by atoms with Crippen molar-refractivity contribution in [3.8, 4) is 17.2 Å². The number of sulfonamides is 1. The molecular weight excluding hydrogens is 743 g/mol. The number of alkyl halides is 2. The summed E-state index contributed by atoms with van der Waals surface area (Å²) < 4.78 is 82.5. The summed E-state index contributed by atoms with van der Waals surface area (Å²) >= 11 is 13.1. The Hall–Kier alpha value is -3.43. The molecule has 1 aliphatic heterocycles. The van der Waals surface area contributed by atoms with E-state index in [4.69, 9.17) is 46.9 Å². The van der Waals surface area contributed by atoms with E-state index in [9.17, 15) is 22.0 Å². The third-order valence-corrected chi connectivity index (χ3v) is 11.0. The molecule has 3 aliphatic rings. The number of morpholine rings is 1. The SMILES string of the molecule is CS(=O)(=O)N(CCN1CCOCC1)c1ccc(OCC2CC2)c(C(=O)O[C@@H](Cc2c(Cl)c[nH+]cc2Cl)c2ccc(OC(F)F)c(OCC3CC3)c2)c1. The largest absolute Gasteiger partial charge is 0.492 e. The number of hydrogen-bond acceptors (Lipinski definition) is 9. The number of pyridine rings is 1. The van der Waals surface area contributed by atoms with Crippen LogP contribution < -0.4 is 23.5 Å². The molecule has 2 aromatic carbocycles. The van der Waals surface area contributed by atoms with Gasteiger partial charge in [-0.1, -0.05) is 29.3 Å². The third kappa shape index (κ3) is 10.6. The van der Waals surface area contributed by atoms with Crippen LogP contribution in [0.2, 0.25) is 10.0 Å². The fourth-order valence-corrected chi connectivity index (χ4v) is 7.24. The predicted octanol–water partition coefficient (Wildman–Crippen LogP) is 6.23. The summed E-state index contributed by atoms with van der Waals surface area (Å²) in [6.45, 7) is 0.726. The first kappa shape index (κ1) is 38.3. The second kappa shape index (κ2) is 17.1. The van der Waals surface area contributed by atoms with Crippen molar-refractivity contribution in [1.82, 2.24) is 4.90 Å². The van der Waals surface area contributed by atoms with Gasteiger partial charge in [0.05, 0.1) is 38.4 Å². The molecule has 16 heteroatoms. The molecule has 0 bridgehead atoms. The number of anilines is 1. The molecule has 3 aromatic rings. The summed E-state index contributed by atoms with van der Waals surface area (Å²) in [6.07, 6.45) is 7.11. The molecule has 0 unspecified atom stereocenters. The fraction of sp³-hybridized carbons (Fsp3) is 0.500. The van der Waals surface area contributed by atoms with Gasteiger partial charge in [0.15, 0.2) is 23.9 Å². The monoisotopic (exact) mass is 784 g/mol. The molecule has 11 nitrogen and oxygen atoms in total. The smallest absolute Gasteiger partial charge is 0.387 e. The molecule has 0 amide bonds. The highest BCUT2D eigenvalue weighted by Gasteiger charge is 2.30. The molecule has 1 aromatic heterocycles. The number of H-pyrrole nitrogens is 1. The highest BCUT2D eigenvalue weighted by atomic mass is 35.5. The van der Waals surface area contributed by atoms with Gasteiger partial charge in [-0.3, -0.25) is 9.21 Å². The van der Waals surface area contributed by atoms with Crippen LogP contribution in [0.25, 0.3) is 0 Å². The van der Waals surface area contributed by atoms with Crippen molar-refractivity contribution in [2.75, 3.05) is 63.2 Å². The van der Waals surface area contributed by atoms with Gasteiger partial charge in [-0.05, 0) is 73.4 Å². The first-order valence-corrected chi connectivity index (χ1v) is 19.9. The summed E-state index contributed by atoms with van der Waals surface area (Å²) in [6, 6.07) is 9.01. The average molecular weight is 786 g/mol. The molecule has 3 fully saturated rings. The Morgan fingerprint density at radius 1 is 0.962 bits per heavy atom. The highest BCUT2D eigenvalue weighted by Crippen LogP contribution is 2.39. The number of esters is 1. The number of hydrogen-bond donors (Lipinski definition) is 0. The van der Waals surface area contributed by atoms with Gasteiger partial charge in [-0.25, -0.2) is 18.2 Å². The number of aromatic nitrogens is 1. The van der Waals surface area contributed by atoms with E-state index < -0.39 is 28.7 Å². The van der Waals surface area contributed by atoms with E-state index in [2.05, 4.69) is 9.88 Å². The van der Waals surface area contributed by atoms with Gasteiger partial charge in [0, 0.05) is 38.2 Å². The molecule has 1 saturated heterocycles. The Bertz CT molecular complexity index is 1800. The molecule has 52 heavy (non-hydrogen) atoms. The maximum absolute atomic E-state index is 14.3. The number of halogens is 4. The summed E-state index contributed by atoms with van der Waals surface area (Å²) in [4.78, 5) is 19.3. The first-order chi connectivity index (χ1) is 24.9. The van der Waals surface area contributed by atoms with Gasteiger partial charge in [0.25, 0.3) is 0 Å². The molecule has 1 atom stereocenters.